The molecule has 5 rings (SSSR count). The molecule has 0 radical (unpaired) electrons. The molecule has 1 aliphatic rings. The third-order valence-electron chi connectivity index (χ3n) is 6.16. The first kappa shape index (κ1) is 23.4. The number of hydrogen-bond donors (Lipinski definition) is 1. The fraction of sp³-hybridized carbons (Fsp3) is 0.440. The summed E-state index contributed by atoms with van der Waals surface area (Å²) in [7, 11) is 0. The van der Waals surface area contributed by atoms with Crippen LogP contribution < -0.4 is 0 Å². The lowest BCUT2D eigenvalue weighted by atomic mass is 9.95. The normalized spacial score (nSPS) is 16.4. The summed E-state index contributed by atoms with van der Waals surface area (Å²) in [6, 6.07) is 12.2. The molecule has 1 saturated heterocycles. The molecular weight excluding hydrogens is 468 g/mol. The molecule has 1 fully saturated rings. The van der Waals surface area contributed by atoms with Crippen molar-refractivity contribution in [3.63, 3.8) is 0 Å². The highest BCUT2D eigenvalue weighted by atomic mass is 32.1. The zero-order chi connectivity index (χ0) is 23.3. The van der Waals surface area contributed by atoms with E-state index in [9.17, 15) is 5.11 Å². The van der Waals surface area contributed by atoms with Gasteiger partial charge in [-0.2, -0.15) is 0 Å². The molecule has 4 aromatic rings. The van der Waals surface area contributed by atoms with Crippen molar-refractivity contribution in [3.05, 3.63) is 58.5 Å². The summed E-state index contributed by atoms with van der Waals surface area (Å²) < 4.78 is 11.2. The van der Waals surface area contributed by atoms with Crippen LogP contribution in [0.4, 0.5) is 0 Å². The molecule has 1 unspecified atom stereocenters. The molecule has 0 saturated carbocycles. The lowest BCUT2D eigenvalue weighted by molar-refractivity contribution is 0.0868. The number of aliphatic hydroxyl groups is 1. The summed E-state index contributed by atoms with van der Waals surface area (Å²) in [5.41, 5.74) is 1.86. The minimum Gasteiger partial charge on any atom is -0.392 e. The molecule has 7 nitrogen and oxygen atoms in total. The van der Waals surface area contributed by atoms with E-state index in [0.29, 0.717) is 19.0 Å². The van der Waals surface area contributed by atoms with Crippen molar-refractivity contribution in [2.45, 2.75) is 39.0 Å². The molecule has 1 atom stereocenters. The van der Waals surface area contributed by atoms with Crippen LogP contribution in [0.3, 0.4) is 0 Å². The second-order valence-electron chi connectivity index (χ2n) is 9.08. The SMILES string of the molecule is CC(O)CN1CCC(CN(Cc2cc(-c3cccs3)on2)Cc2cc(-c3cccs3)on2)CC1. The smallest absolute Gasteiger partial charge is 0.177 e. The molecule has 180 valence electrons. The van der Waals surface area contributed by atoms with Crippen LogP contribution in [0.5, 0.6) is 0 Å². The average Bonchev–Trinajstić information content (AvgIpc) is 3.61. The largest absolute Gasteiger partial charge is 0.392 e. The van der Waals surface area contributed by atoms with Crippen molar-refractivity contribution < 1.29 is 14.2 Å². The van der Waals surface area contributed by atoms with Gasteiger partial charge in [0.25, 0.3) is 0 Å². The first-order valence-corrected chi connectivity index (χ1v) is 13.5. The number of hydrogen-bond acceptors (Lipinski definition) is 9. The second-order valence-corrected chi connectivity index (χ2v) is 11.0. The van der Waals surface area contributed by atoms with Gasteiger partial charge < -0.3 is 19.1 Å². The van der Waals surface area contributed by atoms with Gasteiger partial charge in [0.15, 0.2) is 11.5 Å². The summed E-state index contributed by atoms with van der Waals surface area (Å²) in [6.07, 6.45) is 1.98. The number of thiophene rings is 2. The first-order chi connectivity index (χ1) is 16.6. The van der Waals surface area contributed by atoms with Crippen molar-refractivity contribution >= 4 is 22.7 Å². The topological polar surface area (TPSA) is 78.8 Å². The molecule has 0 bridgehead atoms. The Kier molecular flexibility index (Phi) is 7.56. The Bertz CT molecular complexity index is 1050. The molecule has 4 aromatic heterocycles. The predicted octanol–water partition coefficient (Wildman–Crippen LogP) is 5.21. The molecule has 1 aliphatic heterocycles. The first-order valence-electron chi connectivity index (χ1n) is 11.7. The van der Waals surface area contributed by atoms with E-state index in [1.54, 1.807) is 22.7 Å². The number of aromatic nitrogens is 2. The van der Waals surface area contributed by atoms with Crippen molar-refractivity contribution in [2.24, 2.45) is 5.92 Å². The standard InChI is InChI=1S/C25H30N4O3S2/c1-18(30)14-28-8-6-19(7-9-28)15-29(16-20-12-22(31-26-20)24-4-2-10-33-24)17-21-13-23(32-27-21)25-5-3-11-34-25/h2-5,10-13,18-19,30H,6-9,14-17H2,1H3. The van der Waals surface area contributed by atoms with Gasteiger partial charge in [0.1, 0.15) is 0 Å². The summed E-state index contributed by atoms with van der Waals surface area (Å²) >= 11 is 3.31. The minimum absolute atomic E-state index is 0.275. The maximum atomic E-state index is 9.71. The third-order valence-corrected chi connectivity index (χ3v) is 7.93. The molecule has 9 heteroatoms. The van der Waals surface area contributed by atoms with E-state index in [1.165, 1.54) is 0 Å². The molecule has 34 heavy (non-hydrogen) atoms. The summed E-state index contributed by atoms with van der Waals surface area (Å²) in [5, 5.41) is 22.5. The van der Waals surface area contributed by atoms with Crippen molar-refractivity contribution in [1.82, 2.24) is 20.1 Å². The third kappa shape index (κ3) is 6.03. The molecule has 1 N–H and O–H groups in total. The number of likely N-dealkylation sites (tertiary alicyclic amines) is 1. The van der Waals surface area contributed by atoms with Gasteiger partial charge in [-0.3, -0.25) is 4.90 Å². The lowest BCUT2D eigenvalue weighted by Gasteiger charge is -2.35. The number of β-amino-alcohol motifs (C(OH)–C–C–N with tert-alkyl or cyclic N) is 1. The Balaban J connectivity index is 1.27. The predicted molar refractivity (Wildman–Crippen MR) is 135 cm³/mol. The van der Waals surface area contributed by atoms with Gasteiger partial charge in [-0.05, 0) is 61.7 Å². The van der Waals surface area contributed by atoms with Crippen LogP contribution in [0, 0.1) is 5.92 Å². The summed E-state index contributed by atoms with van der Waals surface area (Å²) in [5.74, 6) is 2.23. The van der Waals surface area contributed by atoms with Crippen molar-refractivity contribution in [2.75, 3.05) is 26.2 Å². The van der Waals surface area contributed by atoms with Gasteiger partial charge in [-0.25, -0.2) is 0 Å². The van der Waals surface area contributed by atoms with E-state index < -0.39 is 0 Å². The van der Waals surface area contributed by atoms with E-state index in [0.717, 1.165) is 71.7 Å². The lowest BCUT2D eigenvalue weighted by Crippen LogP contribution is -2.41. The van der Waals surface area contributed by atoms with Gasteiger partial charge in [0.05, 0.1) is 27.2 Å². The molecule has 0 amide bonds. The molecule has 0 aromatic carbocycles. The van der Waals surface area contributed by atoms with Crippen molar-refractivity contribution in [1.29, 1.82) is 0 Å². The highest BCUT2D eigenvalue weighted by molar-refractivity contribution is 7.13. The number of nitrogens with zero attached hydrogens (tertiary/aromatic N) is 4. The maximum Gasteiger partial charge on any atom is 0.177 e. The molecule has 5 heterocycles. The van der Waals surface area contributed by atoms with Gasteiger partial charge in [-0.1, -0.05) is 22.4 Å². The van der Waals surface area contributed by atoms with Gasteiger partial charge >= 0.3 is 0 Å². The second kappa shape index (κ2) is 11.0. The summed E-state index contributed by atoms with van der Waals surface area (Å²) in [6.45, 7) is 7.04. The molecule has 0 spiro atoms. The van der Waals surface area contributed by atoms with Crippen molar-refractivity contribution in [3.8, 4) is 21.3 Å². The van der Waals surface area contributed by atoms with Crippen LogP contribution in [0.2, 0.25) is 0 Å². The van der Waals surface area contributed by atoms with Crippen LogP contribution >= 0.6 is 22.7 Å². The van der Waals surface area contributed by atoms with E-state index >= 15 is 0 Å². The molecule has 0 aliphatic carbocycles. The van der Waals surface area contributed by atoms with Crippen LogP contribution in [0.25, 0.3) is 21.3 Å². The van der Waals surface area contributed by atoms with Crippen LogP contribution in [-0.2, 0) is 13.1 Å². The van der Waals surface area contributed by atoms with Crippen LogP contribution in [-0.4, -0.2) is 57.5 Å². The maximum absolute atomic E-state index is 9.71. The highest BCUT2D eigenvalue weighted by Gasteiger charge is 2.24. The fourth-order valence-corrected chi connectivity index (χ4v) is 5.92. The Hall–Kier alpha value is -2.30. The zero-order valence-electron chi connectivity index (χ0n) is 19.3. The summed E-state index contributed by atoms with van der Waals surface area (Å²) in [4.78, 5) is 6.95. The average molecular weight is 499 g/mol. The Labute approximate surface area is 207 Å². The van der Waals surface area contributed by atoms with Gasteiger partial charge in [0, 0.05) is 38.3 Å². The monoisotopic (exact) mass is 498 g/mol. The van der Waals surface area contributed by atoms with Crippen LogP contribution in [0.15, 0.2) is 56.2 Å². The number of aliphatic hydroxyl groups excluding tert-OH is 1. The van der Waals surface area contributed by atoms with Gasteiger partial charge in [0.2, 0.25) is 0 Å². The Morgan fingerprint density at radius 2 is 1.56 bits per heavy atom. The highest BCUT2D eigenvalue weighted by Crippen LogP contribution is 2.28. The van der Waals surface area contributed by atoms with E-state index in [1.807, 2.05) is 41.9 Å². The number of rotatable bonds is 10. The molecular formula is C25H30N4O3S2. The fourth-order valence-electron chi connectivity index (χ4n) is 4.58. The minimum atomic E-state index is -0.275. The quantitative estimate of drug-likeness (QED) is 0.321. The Morgan fingerprint density at radius 1 is 1.00 bits per heavy atom. The van der Waals surface area contributed by atoms with E-state index in [2.05, 4.69) is 32.2 Å². The van der Waals surface area contributed by atoms with E-state index in [-0.39, 0.29) is 6.10 Å². The Morgan fingerprint density at radius 3 is 2.03 bits per heavy atom. The zero-order valence-corrected chi connectivity index (χ0v) is 20.9. The number of piperidine rings is 1. The van der Waals surface area contributed by atoms with Crippen LogP contribution in [0.1, 0.15) is 31.2 Å². The van der Waals surface area contributed by atoms with Gasteiger partial charge in [-0.15, -0.1) is 22.7 Å². The van der Waals surface area contributed by atoms with E-state index in [4.69, 9.17) is 9.05 Å².